The van der Waals surface area contributed by atoms with Gasteiger partial charge in [-0.3, -0.25) is 14.3 Å². The van der Waals surface area contributed by atoms with Crippen molar-refractivity contribution < 1.29 is 9.59 Å². The summed E-state index contributed by atoms with van der Waals surface area (Å²) in [6.45, 7) is 0.502. The molecule has 1 fully saturated rings. The molecular weight excluding hydrogens is 196 g/mol. The standard InChI is InChI=1S/C9H12N4O2/c1-13-7(2-3-11-13)9(15)12-6-4-8(14)10-5-6/h2-3,6H,4-5H2,1H3,(H,10,14)(H,12,15). The molecule has 1 aromatic rings. The van der Waals surface area contributed by atoms with E-state index in [4.69, 9.17) is 0 Å². The van der Waals surface area contributed by atoms with Crippen molar-refractivity contribution in [3.8, 4) is 0 Å². The summed E-state index contributed by atoms with van der Waals surface area (Å²) in [7, 11) is 1.70. The summed E-state index contributed by atoms with van der Waals surface area (Å²) in [5.41, 5.74) is 0.495. The molecule has 2 N–H and O–H groups in total. The van der Waals surface area contributed by atoms with E-state index >= 15 is 0 Å². The maximum absolute atomic E-state index is 11.7. The molecule has 0 bridgehead atoms. The van der Waals surface area contributed by atoms with Crippen LogP contribution < -0.4 is 10.6 Å². The van der Waals surface area contributed by atoms with Crippen LogP contribution in [-0.2, 0) is 11.8 Å². The third-order valence-corrected chi connectivity index (χ3v) is 2.37. The van der Waals surface area contributed by atoms with E-state index in [2.05, 4.69) is 15.7 Å². The number of aromatic nitrogens is 2. The average molecular weight is 208 g/mol. The number of nitrogens with one attached hydrogen (secondary N) is 2. The van der Waals surface area contributed by atoms with Gasteiger partial charge in [-0.1, -0.05) is 0 Å². The van der Waals surface area contributed by atoms with Crippen LogP contribution >= 0.6 is 0 Å². The minimum Gasteiger partial charge on any atom is -0.354 e. The first-order chi connectivity index (χ1) is 7.16. The van der Waals surface area contributed by atoms with Gasteiger partial charge in [0.1, 0.15) is 5.69 Å². The number of nitrogens with zero attached hydrogens (tertiary/aromatic N) is 2. The smallest absolute Gasteiger partial charge is 0.269 e. The first-order valence-corrected chi connectivity index (χ1v) is 4.72. The fraction of sp³-hybridized carbons (Fsp3) is 0.444. The van der Waals surface area contributed by atoms with Gasteiger partial charge in [-0.2, -0.15) is 5.10 Å². The maximum Gasteiger partial charge on any atom is 0.269 e. The summed E-state index contributed by atoms with van der Waals surface area (Å²) in [6.07, 6.45) is 1.91. The lowest BCUT2D eigenvalue weighted by molar-refractivity contribution is -0.119. The molecule has 6 nitrogen and oxygen atoms in total. The monoisotopic (exact) mass is 208 g/mol. The molecular formula is C9H12N4O2. The number of carbonyl (C=O) groups is 2. The van der Waals surface area contributed by atoms with Crippen LogP contribution in [0.5, 0.6) is 0 Å². The van der Waals surface area contributed by atoms with E-state index in [1.807, 2.05) is 0 Å². The minimum atomic E-state index is -0.198. The second-order valence-corrected chi connectivity index (χ2v) is 3.52. The number of rotatable bonds is 2. The van der Waals surface area contributed by atoms with Gasteiger partial charge in [-0.15, -0.1) is 0 Å². The number of aryl methyl sites for hydroxylation is 1. The van der Waals surface area contributed by atoms with E-state index in [9.17, 15) is 9.59 Å². The molecule has 0 saturated carbocycles. The van der Waals surface area contributed by atoms with Crippen molar-refractivity contribution in [2.75, 3.05) is 6.54 Å². The Morgan fingerprint density at radius 1 is 1.73 bits per heavy atom. The molecule has 1 aliphatic rings. The quantitative estimate of drug-likeness (QED) is 0.657. The van der Waals surface area contributed by atoms with Gasteiger partial charge in [-0.05, 0) is 6.07 Å². The van der Waals surface area contributed by atoms with Gasteiger partial charge in [-0.25, -0.2) is 0 Å². The molecule has 1 aromatic heterocycles. The van der Waals surface area contributed by atoms with Crippen molar-refractivity contribution in [1.29, 1.82) is 0 Å². The van der Waals surface area contributed by atoms with Crippen LogP contribution in [0.25, 0.3) is 0 Å². The lowest BCUT2D eigenvalue weighted by Gasteiger charge is -2.09. The molecule has 2 heterocycles. The summed E-state index contributed by atoms with van der Waals surface area (Å²) in [5.74, 6) is -0.221. The average Bonchev–Trinajstić information content (AvgIpc) is 2.75. The van der Waals surface area contributed by atoms with Crippen molar-refractivity contribution in [2.45, 2.75) is 12.5 Å². The van der Waals surface area contributed by atoms with Crippen molar-refractivity contribution in [1.82, 2.24) is 20.4 Å². The molecule has 1 unspecified atom stereocenters. The van der Waals surface area contributed by atoms with E-state index in [0.29, 0.717) is 18.7 Å². The van der Waals surface area contributed by atoms with Crippen LogP contribution in [0.1, 0.15) is 16.9 Å². The fourth-order valence-electron chi connectivity index (χ4n) is 1.56. The predicted octanol–water partition coefficient (Wildman–Crippen LogP) is -0.962. The van der Waals surface area contributed by atoms with Gasteiger partial charge in [0, 0.05) is 26.2 Å². The highest BCUT2D eigenvalue weighted by atomic mass is 16.2. The maximum atomic E-state index is 11.7. The molecule has 6 heteroatoms. The molecule has 2 amide bonds. The zero-order chi connectivity index (χ0) is 10.8. The van der Waals surface area contributed by atoms with Crippen molar-refractivity contribution in [3.63, 3.8) is 0 Å². The highest BCUT2D eigenvalue weighted by molar-refractivity contribution is 5.93. The Hall–Kier alpha value is -1.85. The molecule has 1 aliphatic heterocycles. The zero-order valence-corrected chi connectivity index (χ0v) is 8.36. The Bertz CT molecular complexity index is 399. The molecule has 80 valence electrons. The van der Waals surface area contributed by atoms with Crippen molar-refractivity contribution in [2.24, 2.45) is 7.05 Å². The van der Waals surface area contributed by atoms with Crippen molar-refractivity contribution in [3.05, 3.63) is 18.0 Å². The fourth-order valence-corrected chi connectivity index (χ4v) is 1.56. The lowest BCUT2D eigenvalue weighted by atomic mass is 10.2. The van der Waals surface area contributed by atoms with Crippen LogP contribution in [0.15, 0.2) is 12.3 Å². The van der Waals surface area contributed by atoms with Gasteiger partial charge in [0.05, 0.1) is 6.04 Å². The highest BCUT2D eigenvalue weighted by Crippen LogP contribution is 2.02. The lowest BCUT2D eigenvalue weighted by Crippen LogP contribution is -2.37. The van der Waals surface area contributed by atoms with E-state index in [-0.39, 0.29) is 17.9 Å². The summed E-state index contributed by atoms with van der Waals surface area (Å²) in [5, 5.41) is 9.33. The first-order valence-electron chi connectivity index (χ1n) is 4.72. The van der Waals surface area contributed by atoms with Gasteiger partial charge >= 0.3 is 0 Å². The summed E-state index contributed by atoms with van der Waals surface area (Å²) in [6, 6.07) is 1.53. The number of hydrogen-bond acceptors (Lipinski definition) is 3. The van der Waals surface area contributed by atoms with Crippen LogP contribution in [0.2, 0.25) is 0 Å². The normalized spacial score (nSPS) is 20.1. The topological polar surface area (TPSA) is 76.0 Å². The van der Waals surface area contributed by atoms with Crippen LogP contribution in [0, 0.1) is 0 Å². The Kier molecular flexibility index (Phi) is 2.40. The SMILES string of the molecule is Cn1nccc1C(=O)NC1CNC(=O)C1. The first kappa shape index (κ1) is 9.70. The summed E-state index contributed by atoms with van der Waals surface area (Å²) in [4.78, 5) is 22.6. The summed E-state index contributed by atoms with van der Waals surface area (Å²) < 4.78 is 1.50. The molecule has 1 saturated heterocycles. The Morgan fingerprint density at radius 3 is 3.07 bits per heavy atom. The zero-order valence-electron chi connectivity index (χ0n) is 8.36. The van der Waals surface area contributed by atoms with Crippen LogP contribution in [0.3, 0.4) is 0 Å². The molecule has 1 atom stereocenters. The minimum absolute atomic E-state index is 0.0229. The van der Waals surface area contributed by atoms with Crippen molar-refractivity contribution >= 4 is 11.8 Å². The van der Waals surface area contributed by atoms with E-state index in [0.717, 1.165) is 0 Å². The van der Waals surface area contributed by atoms with Gasteiger partial charge in [0.15, 0.2) is 0 Å². The highest BCUT2D eigenvalue weighted by Gasteiger charge is 2.23. The molecule has 2 rings (SSSR count). The number of hydrogen-bond donors (Lipinski definition) is 2. The van der Waals surface area contributed by atoms with Crippen LogP contribution in [-0.4, -0.2) is 34.2 Å². The Balaban J connectivity index is 1.98. The van der Waals surface area contributed by atoms with Gasteiger partial charge in [0.25, 0.3) is 5.91 Å². The van der Waals surface area contributed by atoms with E-state index in [1.54, 1.807) is 19.3 Å². The van der Waals surface area contributed by atoms with Crippen LogP contribution in [0.4, 0.5) is 0 Å². The number of amides is 2. The Labute approximate surface area is 86.6 Å². The molecule has 0 aromatic carbocycles. The van der Waals surface area contributed by atoms with Gasteiger partial charge < -0.3 is 10.6 Å². The second-order valence-electron chi connectivity index (χ2n) is 3.52. The summed E-state index contributed by atoms with van der Waals surface area (Å²) >= 11 is 0. The molecule has 0 aliphatic carbocycles. The van der Waals surface area contributed by atoms with Gasteiger partial charge in [0.2, 0.25) is 5.91 Å². The molecule has 0 radical (unpaired) electrons. The Morgan fingerprint density at radius 2 is 2.53 bits per heavy atom. The largest absolute Gasteiger partial charge is 0.354 e. The molecule has 0 spiro atoms. The van der Waals surface area contributed by atoms with E-state index in [1.165, 1.54) is 4.68 Å². The number of carbonyl (C=O) groups excluding carboxylic acids is 2. The second kappa shape index (κ2) is 3.72. The van der Waals surface area contributed by atoms with E-state index < -0.39 is 0 Å². The third kappa shape index (κ3) is 1.98. The third-order valence-electron chi connectivity index (χ3n) is 2.37. The predicted molar refractivity (Wildman–Crippen MR) is 52.1 cm³/mol. The molecule has 15 heavy (non-hydrogen) atoms.